The molecule has 1 fully saturated rings. The number of halogens is 3. The lowest BCUT2D eigenvalue weighted by molar-refractivity contribution is -0.137. The van der Waals surface area contributed by atoms with E-state index in [-0.39, 0.29) is 12.5 Å². The minimum Gasteiger partial charge on any atom is -0.391 e. The fourth-order valence-corrected chi connectivity index (χ4v) is 4.24. The highest BCUT2D eigenvalue weighted by Gasteiger charge is 2.37. The largest absolute Gasteiger partial charge is 0.416 e. The van der Waals surface area contributed by atoms with Crippen molar-refractivity contribution in [2.75, 3.05) is 6.54 Å². The highest BCUT2D eigenvalue weighted by Crippen LogP contribution is 2.37. The van der Waals surface area contributed by atoms with E-state index in [9.17, 15) is 23.1 Å². The normalized spacial score (nSPS) is 19.6. The number of carbonyl (C=O) groups excluding carboxylic acids is 1. The number of amides is 1. The molecule has 0 bridgehead atoms. The summed E-state index contributed by atoms with van der Waals surface area (Å²) >= 11 is 0. The molecule has 4 aromatic rings. The second kappa shape index (κ2) is 6.81. The van der Waals surface area contributed by atoms with Crippen molar-refractivity contribution < 1.29 is 23.1 Å². The molecule has 160 valence electrons. The van der Waals surface area contributed by atoms with Crippen LogP contribution in [0.25, 0.3) is 27.9 Å². The van der Waals surface area contributed by atoms with Gasteiger partial charge in [0.15, 0.2) is 5.65 Å². The van der Waals surface area contributed by atoms with E-state index in [1.807, 2.05) is 10.5 Å². The number of hydrogen-bond acceptors (Lipinski definition) is 4. The molecule has 10 heteroatoms. The molecule has 1 amide bonds. The number of nitrogens with zero attached hydrogens (tertiary/aromatic N) is 4. The van der Waals surface area contributed by atoms with Crippen molar-refractivity contribution in [2.45, 2.75) is 31.7 Å². The zero-order valence-electron chi connectivity index (χ0n) is 16.4. The third kappa shape index (κ3) is 3.14. The van der Waals surface area contributed by atoms with Gasteiger partial charge in [-0.2, -0.15) is 13.2 Å². The number of rotatable bonds is 2. The van der Waals surface area contributed by atoms with Crippen molar-refractivity contribution in [3.63, 3.8) is 0 Å². The number of hydrogen-bond donors (Lipinski definition) is 2. The summed E-state index contributed by atoms with van der Waals surface area (Å²) in [5.74, 6) is 0.345. The topological polar surface area (TPSA) is 86.5 Å². The number of benzene rings is 1. The molecule has 31 heavy (non-hydrogen) atoms. The molecule has 0 aliphatic carbocycles. The quantitative estimate of drug-likeness (QED) is 0.510. The molecule has 1 aromatic carbocycles. The summed E-state index contributed by atoms with van der Waals surface area (Å²) in [5.41, 5.74) is 2.16. The Morgan fingerprint density at radius 3 is 2.61 bits per heavy atom. The molecule has 0 unspecified atom stereocenters. The van der Waals surface area contributed by atoms with Gasteiger partial charge < -0.3 is 15.0 Å². The lowest BCUT2D eigenvalue weighted by Crippen LogP contribution is -2.30. The SMILES string of the molecule is CC(=O)N1C[C@H](O)C[C@@H]1c1nc(-c2ccc(C(F)(F)F)cc2)c2cnc3[nH]ccc3n12. The second-order valence-electron chi connectivity index (χ2n) is 7.66. The molecule has 1 aliphatic rings. The summed E-state index contributed by atoms with van der Waals surface area (Å²) in [6.45, 7) is 1.64. The Kier molecular flexibility index (Phi) is 4.30. The fourth-order valence-electron chi connectivity index (χ4n) is 4.24. The fraction of sp³-hybridized carbons (Fsp3) is 0.286. The smallest absolute Gasteiger partial charge is 0.391 e. The molecule has 2 N–H and O–H groups in total. The number of carbonyl (C=O) groups is 1. The van der Waals surface area contributed by atoms with Gasteiger partial charge in [0.1, 0.15) is 5.82 Å². The van der Waals surface area contributed by atoms with Gasteiger partial charge in [-0.1, -0.05) is 12.1 Å². The van der Waals surface area contributed by atoms with E-state index in [0.29, 0.717) is 34.7 Å². The monoisotopic (exact) mass is 429 g/mol. The summed E-state index contributed by atoms with van der Waals surface area (Å²) in [6, 6.07) is 6.14. The standard InChI is InChI=1S/C21H18F3N5O2/c1-11(30)28-10-14(31)8-16(28)20-27-18(12-2-4-13(5-3-12)21(22,23)24)17-9-26-19-15(29(17)20)6-7-25-19/h2-7,9,14,16,25,31H,8,10H2,1H3/t14-,16-/m1/s1. The van der Waals surface area contributed by atoms with Crippen LogP contribution in [0.15, 0.2) is 42.7 Å². The molecule has 4 heterocycles. The predicted molar refractivity (Wildman–Crippen MR) is 106 cm³/mol. The molecule has 0 saturated carbocycles. The van der Waals surface area contributed by atoms with E-state index in [1.54, 1.807) is 17.3 Å². The van der Waals surface area contributed by atoms with Crippen LogP contribution in [0.5, 0.6) is 0 Å². The van der Waals surface area contributed by atoms with E-state index in [0.717, 1.165) is 17.6 Å². The Balaban J connectivity index is 1.73. The van der Waals surface area contributed by atoms with Crippen molar-refractivity contribution >= 4 is 22.6 Å². The molecule has 1 saturated heterocycles. The van der Waals surface area contributed by atoms with Crippen molar-refractivity contribution in [1.82, 2.24) is 24.3 Å². The molecule has 5 rings (SSSR count). The number of H-pyrrole nitrogens is 1. The lowest BCUT2D eigenvalue weighted by Gasteiger charge is -2.22. The van der Waals surface area contributed by atoms with Crippen LogP contribution in [-0.2, 0) is 11.0 Å². The van der Waals surface area contributed by atoms with E-state index in [4.69, 9.17) is 4.98 Å². The first-order valence-corrected chi connectivity index (χ1v) is 9.71. The van der Waals surface area contributed by atoms with Gasteiger partial charge in [-0.05, 0) is 18.2 Å². The first-order chi connectivity index (χ1) is 14.7. The Morgan fingerprint density at radius 1 is 1.19 bits per heavy atom. The van der Waals surface area contributed by atoms with E-state index >= 15 is 0 Å². The number of β-amino-alcohol motifs (C(OH)–C–C–N with tert-alkyl or cyclic N) is 1. The molecular weight excluding hydrogens is 411 g/mol. The molecular formula is C21H18F3N5O2. The van der Waals surface area contributed by atoms with Crippen LogP contribution >= 0.6 is 0 Å². The van der Waals surface area contributed by atoms with Gasteiger partial charge in [-0.15, -0.1) is 0 Å². The number of fused-ring (bicyclic) bond motifs is 3. The third-order valence-electron chi connectivity index (χ3n) is 5.67. The van der Waals surface area contributed by atoms with E-state index in [1.165, 1.54) is 19.1 Å². The average molecular weight is 429 g/mol. The number of aliphatic hydroxyl groups excluding tert-OH is 1. The Bertz CT molecular complexity index is 1290. The minimum absolute atomic E-state index is 0.186. The molecule has 2 atom stereocenters. The lowest BCUT2D eigenvalue weighted by atomic mass is 10.1. The van der Waals surface area contributed by atoms with Crippen molar-refractivity contribution in [3.8, 4) is 11.3 Å². The number of likely N-dealkylation sites (tertiary alicyclic amines) is 1. The Labute approximate surface area is 174 Å². The first-order valence-electron chi connectivity index (χ1n) is 9.71. The van der Waals surface area contributed by atoms with Crippen molar-refractivity contribution in [1.29, 1.82) is 0 Å². The Hall–Kier alpha value is -3.40. The summed E-state index contributed by atoms with van der Waals surface area (Å²) in [7, 11) is 0. The number of aromatic amines is 1. The van der Waals surface area contributed by atoms with Crippen LogP contribution in [0.2, 0.25) is 0 Å². The zero-order chi connectivity index (χ0) is 21.9. The molecule has 7 nitrogen and oxygen atoms in total. The minimum atomic E-state index is -4.43. The van der Waals surface area contributed by atoms with Gasteiger partial charge in [0, 0.05) is 31.6 Å². The average Bonchev–Trinajstić information content (AvgIpc) is 3.42. The third-order valence-corrected chi connectivity index (χ3v) is 5.67. The van der Waals surface area contributed by atoms with Crippen LogP contribution in [0.3, 0.4) is 0 Å². The number of imidazole rings is 1. The van der Waals surface area contributed by atoms with Crippen LogP contribution in [0.4, 0.5) is 13.2 Å². The molecule has 0 spiro atoms. The maximum atomic E-state index is 13.0. The molecule has 0 radical (unpaired) electrons. The van der Waals surface area contributed by atoms with Crippen LogP contribution in [0.1, 0.15) is 30.8 Å². The summed E-state index contributed by atoms with van der Waals surface area (Å²) in [4.78, 5) is 25.9. The van der Waals surface area contributed by atoms with Gasteiger partial charge >= 0.3 is 6.18 Å². The van der Waals surface area contributed by atoms with Gasteiger partial charge in [0.2, 0.25) is 5.91 Å². The Morgan fingerprint density at radius 2 is 1.94 bits per heavy atom. The van der Waals surface area contributed by atoms with Gasteiger partial charge in [0.05, 0.1) is 40.6 Å². The second-order valence-corrected chi connectivity index (χ2v) is 7.66. The highest BCUT2D eigenvalue weighted by atomic mass is 19.4. The van der Waals surface area contributed by atoms with Crippen LogP contribution < -0.4 is 0 Å². The predicted octanol–water partition coefficient (Wildman–Crippen LogP) is 3.55. The highest BCUT2D eigenvalue weighted by molar-refractivity contribution is 5.84. The molecule has 1 aliphatic heterocycles. The zero-order valence-corrected chi connectivity index (χ0v) is 16.4. The number of aromatic nitrogens is 4. The summed E-state index contributed by atoms with van der Waals surface area (Å²) in [6.07, 6.45) is -1.46. The molecule has 3 aromatic heterocycles. The van der Waals surface area contributed by atoms with Gasteiger partial charge in [-0.25, -0.2) is 9.97 Å². The number of nitrogens with one attached hydrogen (secondary N) is 1. The van der Waals surface area contributed by atoms with Crippen molar-refractivity contribution in [3.05, 3.63) is 54.1 Å². The number of alkyl halides is 3. The maximum Gasteiger partial charge on any atom is 0.416 e. The summed E-state index contributed by atoms with van der Waals surface area (Å²) < 4.78 is 40.8. The van der Waals surface area contributed by atoms with E-state index < -0.39 is 23.9 Å². The van der Waals surface area contributed by atoms with Gasteiger partial charge in [-0.3, -0.25) is 9.20 Å². The van der Waals surface area contributed by atoms with E-state index in [2.05, 4.69) is 9.97 Å². The van der Waals surface area contributed by atoms with Crippen molar-refractivity contribution in [2.24, 2.45) is 0 Å². The first kappa shape index (κ1) is 19.6. The van der Waals surface area contributed by atoms with Crippen LogP contribution in [-0.4, -0.2) is 47.9 Å². The van der Waals surface area contributed by atoms with Crippen LogP contribution in [0, 0.1) is 0 Å². The van der Waals surface area contributed by atoms with Gasteiger partial charge in [0.25, 0.3) is 0 Å². The summed E-state index contributed by atoms with van der Waals surface area (Å²) in [5, 5.41) is 10.2. The maximum absolute atomic E-state index is 13.0. The number of aliphatic hydroxyl groups is 1.